The summed E-state index contributed by atoms with van der Waals surface area (Å²) in [5.41, 5.74) is 2.36. The first-order valence-corrected chi connectivity index (χ1v) is 7.95. The number of amides is 1. The van der Waals surface area contributed by atoms with Crippen LogP contribution in [0.5, 0.6) is 0 Å². The molecule has 0 bridgehead atoms. The van der Waals surface area contributed by atoms with Gasteiger partial charge in [0.05, 0.1) is 5.69 Å². The summed E-state index contributed by atoms with van der Waals surface area (Å²) in [5, 5.41) is 14.7. The summed E-state index contributed by atoms with van der Waals surface area (Å²) in [7, 11) is 0. The molecule has 3 aromatic rings. The summed E-state index contributed by atoms with van der Waals surface area (Å²) in [6, 6.07) is 11.5. The van der Waals surface area contributed by atoms with Crippen LogP contribution in [0.3, 0.4) is 0 Å². The lowest BCUT2D eigenvalue weighted by atomic mass is 10.0. The van der Waals surface area contributed by atoms with Crippen molar-refractivity contribution in [1.29, 1.82) is 5.26 Å². The van der Waals surface area contributed by atoms with Gasteiger partial charge < -0.3 is 5.32 Å². The van der Waals surface area contributed by atoms with Crippen LogP contribution in [0.15, 0.2) is 41.3 Å². The minimum absolute atomic E-state index is 0.100. The zero-order valence-corrected chi connectivity index (χ0v) is 13.7. The Bertz CT molecular complexity index is 1010. The zero-order valence-electron chi connectivity index (χ0n) is 13.7. The van der Waals surface area contributed by atoms with Crippen molar-refractivity contribution in [3.8, 4) is 17.3 Å². The number of nitrogens with one attached hydrogen (secondary N) is 2. The second kappa shape index (κ2) is 7.01. The van der Waals surface area contributed by atoms with Crippen LogP contribution in [0.2, 0.25) is 0 Å². The molecule has 0 saturated heterocycles. The van der Waals surface area contributed by atoms with Gasteiger partial charge in [-0.25, -0.2) is 9.50 Å². The number of nitrogens with zero attached hydrogens (tertiary/aromatic N) is 3. The van der Waals surface area contributed by atoms with Gasteiger partial charge in [0, 0.05) is 30.8 Å². The molecule has 25 heavy (non-hydrogen) atoms. The molecule has 7 nitrogen and oxygen atoms in total. The van der Waals surface area contributed by atoms with Gasteiger partial charge in [0.2, 0.25) is 5.91 Å². The molecule has 0 radical (unpaired) electrons. The third-order valence-corrected chi connectivity index (χ3v) is 3.90. The molecule has 0 saturated carbocycles. The fourth-order valence-corrected chi connectivity index (χ4v) is 2.72. The van der Waals surface area contributed by atoms with E-state index in [2.05, 4.69) is 15.4 Å². The zero-order chi connectivity index (χ0) is 17.8. The Morgan fingerprint density at radius 3 is 2.80 bits per heavy atom. The largest absolute Gasteiger partial charge is 0.356 e. The van der Waals surface area contributed by atoms with E-state index < -0.39 is 0 Å². The maximum atomic E-state index is 12.9. The number of hydrogen-bond acceptors (Lipinski definition) is 4. The molecule has 0 atom stereocenters. The first-order chi connectivity index (χ1) is 12.1. The van der Waals surface area contributed by atoms with Crippen LogP contribution in [0.25, 0.3) is 16.9 Å². The third-order valence-electron chi connectivity index (χ3n) is 3.90. The first-order valence-electron chi connectivity index (χ1n) is 7.95. The van der Waals surface area contributed by atoms with E-state index in [1.165, 1.54) is 17.6 Å². The predicted octanol–water partition coefficient (Wildman–Crippen LogP) is 1.63. The second-order valence-electron chi connectivity index (χ2n) is 5.65. The van der Waals surface area contributed by atoms with Gasteiger partial charge in [-0.05, 0) is 12.8 Å². The molecular weight excluding hydrogens is 318 g/mol. The van der Waals surface area contributed by atoms with Crippen molar-refractivity contribution in [1.82, 2.24) is 19.9 Å². The lowest BCUT2D eigenvalue weighted by Crippen LogP contribution is -2.25. The van der Waals surface area contributed by atoms with Crippen molar-refractivity contribution >= 4 is 11.6 Å². The highest BCUT2D eigenvalue weighted by molar-refractivity contribution is 5.72. The molecule has 1 aromatic carbocycles. The summed E-state index contributed by atoms with van der Waals surface area (Å²) < 4.78 is 1.29. The number of H-pyrrole nitrogens is 1. The molecule has 126 valence electrons. The summed E-state index contributed by atoms with van der Waals surface area (Å²) >= 11 is 0. The number of nitriles is 1. The Labute approximate surface area is 143 Å². The van der Waals surface area contributed by atoms with Crippen molar-refractivity contribution < 1.29 is 4.79 Å². The lowest BCUT2D eigenvalue weighted by Gasteiger charge is -2.09. The summed E-state index contributed by atoms with van der Waals surface area (Å²) in [5.74, 6) is -0.100. The summed E-state index contributed by atoms with van der Waals surface area (Å²) in [6.07, 6.45) is 2.56. The monoisotopic (exact) mass is 335 g/mol. The van der Waals surface area contributed by atoms with E-state index in [1.54, 1.807) is 0 Å². The SMILES string of the molecule is CC(=O)NCCCc1c(-c2ccccc2)nc2c(C#N)c[nH]n2c1=O. The van der Waals surface area contributed by atoms with Gasteiger partial charge in [0.25, 0.3) is 5.56 Å². The third kappa shape index (κ3) is 3.28. The number of fused-ring (bicyclic) bond motifs is 1. The molecule has 0 aliphatic rings. The van der Waals surface area contributed by atoms with Crippen molar-refractivity contribution in [2.75, 3.05) is 6.54 Å². The molecule has 0 unspecified atom stereocenters. The topological polar surface area (TPSA) is 103 Å². The molecule has 3 rings (SSSR count). The normalized spacial score (nSPS) is 10.6. The average Bonchev–Trinajstić information content (AvgIpc) is 3.04. The Hall–Kier alpha value is -3.40. The highest BCUT2D eigenvalue weighted by Gasteiger charge is 2.17. The summed E-state index contributed by atoms with van der Waals surface area (Å²) in [6.45, 7) is 1.94. The summed E-state index contributed by atoms with van der Waals surface area (Å²) in [4.78, 5) is 28.4. The van der Waals surface area contributed by atoms with Crippen LogP contribution in [0.1, 0.15) is 24.5 Å². The minimum atomic E-state index is -0.229. The van der Waals surface area contributed by atoms with E-state index in [-0.39, 0.29) is 11.5 Å². The van der Waals surface area contributed by atoms with E-state index >= 15 is 0 Å². The van der Waals surface area contributed by atoms with Gasteiger partial charge in [-0.2, -0.15) is 5.26 Å². The van der Waals surface area contributed by atoms with Gasteiger partial charge in [-0.3, -0.25) is 14.7 Å². The predicted molar refractivity (Wildman–Crippen MR) is 93.0 cm³/mol. The van der Waals surface area contributed by atoms with Crippen LogP contribution >= 0.6 is 0 Å². The fourth-order valence-electron chi connectivity index (χ4n) is 2.72. The van der Waals surface area contributed by atoms with E-state index in [4.69, 9.17) is 0 Å². The molecule has 7 heteroatoms. The molecule has 2 aromatic heterocycles. The molecule has 0 spiro atoms. The standard InChI is InChI=1S/C18H17N5O2/c1-12(24)20-9-5-8-15-16(13-6-3-2-4-7-13)22-17-14(10-19)11-21-23(17)18(15)25/h2-4,6-7,11,21H,5,8-9H2,1H3,(H,20,24). The minimum Gasteiger partial charge on any atom is -0.356 e. The molecule has 0 fully saturated rings. The van der Waals surface area contributed by atoms with Crippen LogP contribution in [-0.4, -0.2) is 27.0 Å². The van der Waals surface area contributed by atoms with E-state index in [0.717, 1.165) is 5.56 Å². The van der Waals surface area contributed by atoms with Gasteiger partial charge in [-0.1, -0.05) is 30.3 Å². The first kappa shape index (κ1) is 16.5. The highest BCUT2D eigenvalue weighted by Crippen LogP contribution is 2.21. The molecule has 2 heterocycles. The number of carbonyl (C=O) groups is 1. The lowest BCUT2D eigenvalue weighted by molar-refractivity contribution is -0.118. The Morgan fingerprint density at radius 1 is 1.36 bits per heavy atom. The van der Waals surface area contributed by atoms with E-state index in [1.807, 2.05) is 36.4 Å². The van der Waals surface area contributed by atoms with Crippen LogP contribution < -0.4 is 10.9 Å². The van der Waals surface area contributed by atoms with Gasteiger partial charge in [-0.15, -0.1) is 0 Å². The van der Waals surface area contributed by atoms with Crippen LogP contribution in [0, 0.1) is 11.3 Å². The molecule has 1 amide bonds. The molecular formula is C18H17N5O2. The van der Waals surface area contributed by atoms with Crippen molar-refractivity contribution in [2.24, 2.45) is 0 Å². The maximum absolute atomic E-state index is 12.9. The van der Waals surface area contributed by atoms with Gasteiger partial charge in [0.1, 0.15) is 11.6 Å². The van der Waals surface area contributed by atoms with Gasteiger partial charge >= 0.3 is 0 Å². The maximum Gasteiger partial charge on any atom is 0.276 e. The Balaban J connectivity index is 2.09. The van der Waals surface area contributed by atoms with E-state index in [0.29, 0.717) is 41.9 Å². The number of rotatable bonds is 5. The van der Waals surface area contributed by atoms with Crippen molar-refractivity contribution in [2.45, 2.75) is 19.8 Å². The molecule has 0 aliphatic carbocycles. The van der Waals surface area contributed by atoms with Crippen LogP contribution in [0.4, 0.5) is 0 Å². The smallest absolute Gasteiger partial charge is 0.276 e. The number of aromatic nitrogens is 3. The Morgan fingerprint density at radius 2 is 2.12 bits per heavy atom. The number of carbonyl (C=O) groups excluding carboxylic acids is 1. The second-order valence-corrected chi connectivity index (χ2v) is 5.65. The number of hydrogen-bond donors (Lipinski definition) is 2. The van der Waals surface area contributed by atoms with Crippen LogP contribution in [-0.2, 0) is 11.2 Å². The number of aromatic amines is 1. The number of benzene rings is 1. The fraction of sp³-hybridized carbons (Fsp3) is 0.222. The molecule has 0 aliphatic heterocycles. The quantitative estimate of drug-likeness (QED) is 0.692. The van der Waals surface area contributed by atoms with E-state index in [9.17, 15) is 14.9 Å². The van der Waals surface area contributed by atoms with Crippen molar-refractivity contribution in [3.05, 3.63) is 58.0 Å². The molecule has 2 N–H and O–H groups in total. The average molecular weight is 335 g/mol. The van der Waals surface area contributed by atoms with Gasteiger partial charge in [0.15, 0.2) is 5.65 Å². The van der Waals surface area contributed by atoms with Crippen molar-refractivity contribution in [3.63, 3.8) is 0 Å². The highest BCUT2D eigenvalue weighted by atomic mass is 16.1. The Kier molecular flexibility index (Phi) is 4.61.